The summed E-state index contributed by atoms with van der Waals surface area (Å²) >= 11 is 0. The molecule has 1 aromatic carbocycles. The fourth-order valence-corrected chi connectivity index (χ4v) is 1.50. The van der Waals surface area contributed by atoms with Gasteiger partial charge >= 0.3 is 0 Å². The predicted octanol–water partition coefficient (Wildman–Crippen LogP) is 2.08. The number of methoxy groups -OCH3 is 1. The molecule has 1 aromatic heterocycles. The van der Waals surface area contributed by atoms with Gasteiger partial charge in [-0.25, -0.2) is 4.98 Å². The van der Waals surface area contributed by atoms with E-state index >= 15 is 0 Å². The van der Waals surface area contributed by atoms with Crippen molar-refractivity contribution in [1.29, 1.82) is 0 Å². The van der Waals surface area contributed by atoms with Crippen molar-refractivity contribution in [3.63, 3.8) is 0 Å². The van der Waals surface area contributed by atoms with E-state index in [1.807, 2.05) is 17.1 Å². The Morgan fingerprint density at radius 3 is 2.53 bits per heavy atom. The van der Waals surface area contributed by atoms with E-state index in [1.165, 1.54) is 11.1 Å². The molecule has 0 saturated carbocycles. The number of rotatable bonds is 4. The smallest absolute Gasteiger partial charge is 0.0949 e. The first-order chi connectivity index (χ1) is 7.38. The largest absolute Gasteiger partial charge is 0.380 e. The molecule has 0 unspecified atom stereocenters. The van der Waals surface area contributed by atoms with Crippen molar-refractivity contribution in [3.8, 4) is 0 Å². The summed E-state index contributed by atoms with van der Waals surface area (Å²) in [5.41, 5.74) is 2.47. The highest BCUT2D eigenvalue weighted by molar-refractivity contribution is 5.22. The molecule has 3 nitrogen and oxygen atoms in total. The van der Waals surface area contributed by atoms with Crippen LogP contribution in [0.4, 0.5) is 0 Å². The molecule has 0 radical (unpaired) electrons. The summed E-state index contributed by atoms with van der Waals surface area (Å²) in [5, 5.41) is 0. The molecule has 3 heteroatoms. The Morgan fingerprint density at radius 1 is 1.20 bits per heavy atom. The molecule has 0 aliphatic rings. The van der Waals surface area contributed by atoms with Crippen molar-refractivity contribution < 1.29 is 4.74 Å². The molecule has 15 heavy (non-hydrogen) atoms. The lowest BCUT2D eigenvalue weighted by atomic mass is 10.1. The minimum Gasteiger partial charge on any atom is -0.380 e. The zero-order chi connectivity index (χ0) is 10.5. The molecular weight excluding hydrogens is 188 g/mol. The van der Waals surface area contributed by atoms with Crippen molar-refractivity contribution in [1.82, 2.24) is 9.55 Å². The van der Waals surface area contributed by atoms with Crippen molar-refractivity contribution in [2.45, 2.75) is 13.2 Å². The number of imidazole rings is 1. The molecule has 78 valence electrons. The third-order valence-corrected chi connectivity index (χ3v) is 2.26. The monoisotopic (exact) mass is 202 g/mol. The molecule has 0 aliphatic heterocycles. The van der Waals surface area contributed by atoms with Gasteiger partial charge in [0, 0.05) is 26.0 Å². The summed E-state index contributed by atoms with van der Waals surface area (Å²) < 4.78 is 7.11. The van der Waals surface area contributed by atoms with Gasteiger partial charge in [0.25, 0.3) is 0 Å². The molecule has 0 spiro atoms. The van der Waals surface area contributed by atoms with Crippen LogP contribution in [0.2, 0.25) is 0 Å². The number of benzene rings is 1. The van der Waals surface area contributed by atoms with Gasteiger partial charge in [-0.3, -0.25) is 0 Å². The van der Waals surface area contributed by atoms with Crippen LogP contribution in [-0.2, 0) is 17.9 Å². The predicted molar refractivity (Wildman–Crippen MR) is 58.5 cm³/mol. The van der Waals surface area contributed by atoms with E-state index in [9.17, 15) is 0 Å². The Bertz CT molecular complexity index is 392. The SMILES string of the molecule is COCc1ccc(Cn2ccnc2)cc1. The van der Waals surface area contributed by atoms with Crippen molar-refractivity contribution >= 4 is 0 Å². The maximum Gasteiger partial charge on any atom is 0.0949 e. The summed E-state index contributed by atoms with van der Waals surface area (Å²) in [7, 11) is 1.71. The van der Waals surface area contributed by atoms with Crippen LogP contribution in [0.1, 0.15) is 11.1 Å². The number of nitrogens with zero attached hydrogens (tertiary/aromatic N) is 2. The summed E-state index contributed by atoms with van der Waals surface area (Å²) in [6.45, 7) is 1.54. The molecule has 0 N–H and O–H groups in total. The zero-order valence-electron chi connectivity index (χ0n) is 8.76. The van der Waals surface area contributed by atoms with Gasteiger partial charge in [-0.2, -0.15) is 0 Å². The molecule has 0 fully saturated rings. The summed E-state index contributed by atoms with van der Waals surface area (Å²) in [6.07, 6.45) is 5.57. The number of hydrogen-bond acceptors (Lipinski definition) is 2. The van der Waals surface area contributed by atoms with Crippen LogP contribution in [0.25, 0.3) is 0 Å². The average Bonchev–Trinajstić information content (AvgIpc) is 2.74. The molecule has 2 aromatic rings. The molecule has 0 saturated heterocycles. The van der Waals surface area contributed by atoms with E-state index in [4.69, 9.17) is 4.74 Å². The van der Waals surface area contributed by atoms with E-state index in [0.717, 1.165) is 6.54 Å². The van der Waals surface area contributed by atoms with Gasteiger partial charge in [0.05, 0.1) is 12.9 Å². The van der Waals surface area contributed by atoms with Gasteiger partial charge in [0.15, 0.2) is 0 Å². The lowest BCUT2D eigenvalue weighted by Crippen LogP contribution is -1.96. The summed E-state index contributed by atoms with van der Waals surface area (Å²) in [4.78, 5) is 4.01. The maximum atomic E-state index is 5.06. The standard InChI is InChI=1S/C12H14N2O/c1-15-9-12-4-2-11(3-5-12)8-14-7-6-13-10-14/h2-7,10H,8-9H2,1H3. The highest BCUT2D eigenvalue weighted by atomic mass is 16.5. The first-order valence-electron chi connectivity index (χ1n) is 4.91. The van der Waals surface area contributed by atoms with Crippen LogP contribution in [0.5, 0.6) is 0 Å². The number of ether oxygens (including phenoxy) is 1. The van der Waals surface area contributed by atoms with E-state index in [-0.39, 0.29) is 0 Å². The molecule has 1 heterocycles. The van der Waals surface area contributed by atoms with E-state index < -0.39 is 0 Å². The van der Waals surface area contributed by atoms with Gasteiger partial charge in [-0.1, -0.05) is 24.3 Å². The topological polar surface area (TPSA) is 27.1 Å². The van der Waals surface area contributed by atoms with E-state index in [1.54, 1.807) is 13.3 Å². The van der Waals surface area contributed by atoms with Crippen LogP contribution < -0.4 is 0 Å². The second kappa shape index (κ2) is 4.75. The van der Waals surface area contributed by atoms with Gasteiger partial charge in [0.2, 0.25) is 0 Å². The van der Waals surface area contributed by atoms with Crippen LogP contribution >= 0.6 is 0 Å². The molecule has 0 amide bonds. The second-order valence-electron chi connectivity index (χ2n) is 3.48. The Hall–Kier alpha value is -1.61. The normalized spacial score (nSPS) is 10.5. The van der Waals surface area contributed by atoms with Crippen LogP contribution in [0, 0.1) is 0 Å². The molecule has 0 aliphatic carbocycles. The number of aromatic nitrogens is 2. The quantitative estimate of drug-likeness (QED) is 0.759. The second-order valence-corrected chi connectivity index (χ2v) is 3.48. The average molecular weight is 202 g/mol. The zero-order valence-corrected chi connectivity index (χ0v) is 8.76. The van der Waals surface area contributed by atoms with Crippen LogP contribution in [0.15, 0.2) is 43.0 Å². The minimum absolute atomic E-state index is 0.672. The lowest BCUT2D eigenvalue weighted by molar-refractivity contribution is 0.185. The molecule has 2 rings (SSSR count). The van der Waals surface area contributed by atoms with Gasteiger partial charge in [-0.15, -0.1) is 0 Å². The molecule has 0 bridgehead atoms. The number of hydrogen-bond donors (Lipinski definition) is 0. The van der Waals surface area contributed by atoms with Crippen LogP contribution in [0.3, 0.4) is 0 Å². The molecule has 0 atom stereocenters. The molecular formula is C12H14N2O. The van der Waals surface area contributed by atoms with Crippen molar-refractivity contribution in [2.24, 2.45) is 0 Å². The fourth-order valence-electron chi connectivity index (χ4n) is 1.50. The summed E-state index contributed by atoms with van der Waals surface area (Å²) in [5.74, 6) is 0. The Labute approximate surface area is 89.3 Å². The third kappa shape index (κ3) is 2.67. The minimum atomic E-state index is 0.672. The Kier molecular flexibility index (Phi) is 3.15. The Morgan fingerprint density at radius 2 is 1.93 bits per heavy atom. The van der Waals surface area contributed by atoms with Crippen molar-refractivity contribution in [3.05, 3.63) is 54.1 Å². The highest BCUT2D eigenvalue weighted by Gasteiger charge is 1.95. The first kappa shape index (κ1) is 9.93. The van der Waals surface area contributed by atoms with Crippen LogP contribution in [-0.4, -0.2) is 16.7 Å². The van der Waals surface area contributed by atoms with Crippen molar-refractivity contribution in [2.75, 3.05) is 7.11 Å². The highest BCUT2D eigenvalue weighted by Crippen LogP contribution is 2.07. The lowest BCUT2D eigenvalue weighted by Gasteiger charge is -2.04. The Balaban J connectivity index is 2.04. The maximum absolute atomic E-state index is 5.06. The summed E-state index contributed by atoms with van der Waals surface area (Å²) in [6, 6.07) is 8.42. The van der Waals surface area contributed by atoms with Gasteiger partial charge in [0.1, 0.15) is 0 Å². The van der Waals surface area contributed by atoms with Gasteiger partial charge < -0.3 is 9.30 Å². The van der Waals surface area contributed by atoms with E-state index in [0.29, 0.717) is 6.61 Å². The van der Waals surface area contributed by atoms with E-state index in [2.05, 4.69) is 29.2 Å². The first-order valence-corrected chi connectivity index (χ1v) is 4.91. The third-order valence-electron chi connectivity index (χ3n) is 2.26. The fraction of sp³-hybridized carbons (Fsp3) is 0.250. The van der Waals surface area contributed by atoms with Gasteiger partial charge in [-0.05, 0) is 11.1 Å².